The van der Waals surface area contributed by atoms with Crippen molar-refractivity contribution in [2.24, 2.45) is 0 Å². The molecule has 6 heteroatoms. The van der Waals surface area contributed by atoms with Crippen molar-refractivity contribution in [2.45, 2.75) is 13.5 Å². The van der Waals surface area contributed by atoms with Crippen LogP contribution in [0.1, 0.15) is 12.5 Å². The number of benzene rings is 3. The second-order valence-electron chi connectivity index (χ2n) is 6.77. The van der Waals surface area contributed by atoms with Crippen molar-refractivity contribution < 1.29 is 14.3 Å². The molecule has 0 aromatic heterocycles. The summed E-state index contributed by atoms with van der Waals surface area (Å²) in [6, 6.07) is 26.8. The molecule has 3 aromatic carbocycles. The summed E-state index contributed by atoms with van der Waals surface area (Å²) in [4.78, 5) is 27.1. The standard InChI is InChI=1S/C25H26N2O3S/c1-2-30-23-16-10-9-15-22(23)26-24(28)18-31-19-25(29)27(21-13-7-4-8-14-21)17-20-11-5-3-6-12-20/h3-16H,2,17-19H2,1H3,(H,26,28). The Kier molecular flexibility index (Phi) is 8.55. The molecule has 160 valence electrons. The van der Waals surface area contributed by atoms with Crippen LogP contribution in [0.4, 0.5) is 11.4 Å². The predicted molar refractivity (Wildman–Crippen MR) is 128 cm³/mol. The van der Waals surface area contributed by atoms with Crippen LogP contribution in [0, 0.1) is 0 Å². The van der Waals surface area contributed by atoms with Crippen LogP contribution in [0.15, 0.2) is 84.9 Å². The highest BCUT2D eigenvalue weighted by atomic mass is 32.2. The van der Waals surface area contributed by atoms with Gasteiger partial charge in [-0.15, -0.1) is 11.8 Å². The van der Waals surface area contributed by atoms with Crippen LogP contribution in [-0.4, -0.2) is 29.9 Å². The average molecular weight is 435 g/mol. The van der Waals surface area contributed by atoms with E-state index in [0.717, 1.165) is 11.3 Å². The van der Waals surface area contributed by atoms with Crippen molar-refractivity contribution in [3.8, 4) is 5.75 Å². The van der Waals surface area contributed by atoms with E-state index < -0.39 is 0 Å². The molecule has 5 nitrogen and oxygen atoms in total. The largest absolute Gasteiger partial charge is 0.492 e. The third kappa shape index (κ3) is 6.89. The lowest BCUT2D eigenvalue weighted by Gasteiger charge is -2.23. The lowest BCUT2D eigenvalue weighted by Crippen LogP contribution is -2.32. The average Bonchev–Trinajstić information content (AvgIpc) is 2.80. The zero-order chi connectivity index (χ0) is 21.9. The van der Waals surface area contributed by atoms with Gasteiger partial charge in [-0.05, 0) is 36.8 Å². The van der Waals surface area contributed by atoms with Crippen molar-refractivity contribution in [1.29, 1.82) is 0 Å². The minimum absolute atomic E-state index is 0.0393. The van der Waals surface area contributed by atoms with Gasteiger partial charge in [-0.25, -0.2) is 0 Å². The number of thioether (sulfide) groups is 1. The number of hydrogen-bond donors (Lipinski definition) is 1. The highest BCUT2D eigenvalue weighted by molar-refractivity contribution is 8.00. The topological polar surface area (TPSA) is 58.6 Å². The normalized spacial score (nSPS) is 10.4. The highest BCUT2D eigenvalue weighted by Gasteiger charge is 2.17. The van der Waals surface area contributed by atoms with Crippen LogP contribution >= 0.6 is 11.8 Å². The van der Waals surface area contributed by atoms with E-state index in [1.165, 1.54) is 11.8 Å². The zero-order valence-corrected chi connectivity index (χ0v) is 18.3. The van der Waals surface area contributed by atoms with Crippen molar-refractivity contribution in [3.63, 3.8) is 0 Å². The van der Waals surface area contributed by atoms with Crippen molar-refractivity contribution in [3.05, 3.63) is 90.5 Å². The third-order valence-electron chi connectivity index (χ3n) is 4.47. The van der Waals surface area contributed by atoms with Gasteiger partial charge in [0, 0.05) is 5.69 Å². The molecule has 0 aliphatic carbocycles. The summed E-state index contributed by atoms with van der Waals surface area (Å²) < 4.78 is 5.54. The van der Waals surface area contributed by atoms with E-state index in [1.807, 2.05) is 85.8 Å². The minimum Gasteiger partial charge on any atom is -0.492 e. The molecular weight excluding hydrogens is 408 g/mol. The number of nitrogens with one attached hydrogen (secondary N) is 1. The first-order chi connectivity index (χ1) is 15.2. The van der Waals surface area contributed by atoms with Gasteiger partial charge in [-0.1, -0.05) is 60.7 Å². The molecule has 31 heavy (non-hydrogen) atoms. The Hall–Kier alpha value is -3.25. The molecule has 0 saturated heterocycles. The summed E-state index contributed by atoms with van der Waals surface area (Å²) in [5.41, 5.74) is 2.53. The lowest BCUT2D eigenvalue weighted by atomic mass is 10.2. The molecule has 2 amide bonds. The number of nitrogens with zero attached hydrogens (tertiary/aromatic N) is 1. The fraction of sp³-hybridized carbons (Fsp3) is 0.200. The molecule has 0 aliphatic heterocycles. The summed E-state index contributed by atoms with van der Waals surface area (Å²) in [5, 5.41) is 2.86. The van der Waals surface area contributed by atoms with E-state index in [1.54, 1.807) is 11.0 Å². The molecule has 0 unspecified atom stereocenters. The number of anilines is 2. The van der Waals surface area contributed by atoms with E-state index in [4.69, 9.17) is 4.74 Å². The number of ether oxygens (including phenoxy) is 1. The van der Waals surface area contributed by atoms with Gasteiger partial charge in [-0.3, -0.25) is 9.59 Å². The molecule has 0 bridgehead atoms. The SMILES string of the molecule is CCOc1ccccc1NC(=O)CSCC(=O)N(Cc1ccccc1)c1ccccc1. The van der Waals surface area contributed by atoms with E-state index in [9.17, 15) is 9.59 Å². The van der Waals surface area contributed by atoms with Gasteiger partial charge in [0.2, 0.25) is 11.8 Å². The predicted octanol–water partition coefficient (Wildman–Crippen LogP) is 4.99. The van der Waals surface area contributed by atoms with Crippen LogP contribution in [0.25, 0.3) is 0 Å². The molecule has 0 radical (unpaired) electrons. The van der Waals surface area contributed by atoms with E-state index >= 15 is 0 Å². The molecule has 3 rings (SSSR count). The van der Waals surface area contributed by atoms with Crippen molar-refractivity contribution >= 4 is 35.0 Å². The van der Waals surface area contributed by atoms with Gasteiger partial charge < -0.3 is 15.0 Å². The quantitative estimate of drug-likeness (QED) is 0.488. The molecule has 0 aliphatic rings. The number of rotatable bonds is 10. The number of carbonyl (C=O) groups is 2. The molecule has 3 aromatic rings. The second-order valence-corrected chi connectivity index (χ2v) is 7.76. The smallest absolute Gasteiger partial charge is 0.237 e. The van der Waals surface area contributed by atoms with E-state index in [2.05, 4.69) is 5.32 Å². The van der Waals surface area contributed by atoms with Crippen LogP contribution in [0.5, 0.6) is 5.75 Å². The maximum Gasteiger partial charge on any atom is 0.237 e. The van der Waals surface area contributed by atoms with Gasteiger partial charge in [0.15, 0.2) is 0 Å². The van der Waals surface area contributed by atoms with E-state index in [-0.39, 0.29) is 23.3 Å². The summed E-state index contributed by atoms with van der Waals surface area (Å²) in [5.74, 6) is 0.821. The summed E-state index contributed by atoms with van der Waals surface area (Å²) >= 11 is 1.30. The Labute approximate surface area is 187 Å². The Morgan fingerprint density at radius 3 is 2.23 bits per heavy atom. The van der Waals surface area contributed by atoms with Gasteiger partial charge in [-0.2, -0.15) is 0 Å². The highest BCUT2D eigenvalue weighted by Crippen LogP contribution is 2.24. The summed E-state index contributed by atoms with van der Waals surface area (Å²) in [7, 11) is 0. The lowest BCUT2D eigenvalue weighted by molar-refractivity contribution is -0.116. The van der Waals surface area contributed by atoms with Crippen LogP contribution in [0.3, 0.4) is 0 Å². The molecule has 1 N–H and O–H groups in total. The fourth-order valence-electron chi connectivity index (χ4n) is 3.04. The van der Waals surface area contributed by atoms with E-state index in [0.29, 0.717) is 24.6 Å². The maximum absolute atomic E-state index is 13.0. The van der Waals surface area contributed by atoms with Gasteiger partial charge in [0.05, 0.1) is 30.3 Å². The monoisotopic (exact) mass is 434 g/mol. The first-order valence-corrected chi connectivity index (χ1v) is 11.3. The second kappa shape index (κ2) is 11.8. The Morgan fingerprint density at radius 2 is 1.52 bits per heavy atom. The Balaban J connectivity index is 1.57. The summed E-state index contributed by atoms with van der Waals surface area (Å²) in [6.07, 6.45) is 0. The number of hydrogen-bond acceptors (Lipinski definition) is 4. The van der Waals surface area contributed by atoms with Crippen molar-refractivity contribution in [1.82, 2.24) is 0 Å². The number of amides is 2. The molecule has 0 fully saturated rings. The Morgan fingerprint density at radius 1 is 0.871 bits per heavy atom. The maximum atomic E-state index is 13.0. The molecule has 0 atom stereocenters. The third-order valence-corrected chi connectivity index (χ3v) is 5.39. The Bertz CT molecular complexity index is 980. The van der Waals surface area contributed by atoms with Crippen molar-refractivity contribution in [2.75, 3.05) is 28.3 Å². The number of para-hydroxylation sites is 3. The molecule has 0 saturated carbocycles. The first-order valence-electron chi connectivity index (χ1n) is 10.2. The van der Waals surface area contributed by atoms with Crippen LogP contribution in [-0.2, 0) is 16.1 Å². The minimum atomic E-state index is -0.167. The van der Waals surface area contributed by atoms with Gasteiger partial charge in [0.1, 0.15) is 5.75 Å². The van der Waals surface area contributed by atoms with Gasteiger partial charge >= 0.3 is 0 Å². The van der Waals surface area contributed by atoms with Gasteiger partial charge in [0.25, 0.3) is 0 Å². The van der Waals surface area contributed by atoms with Crippen LogP contribution < -0.4 is 15.0 Å². The fourth-order valence-corrected chi connectivity index (χ4v) is 3.73. The molecule has 0 spiro atoms. The zero-order valence-electron chi connectivity index (χ0n) is 17.5. The first kappa shape index (κ1) is 22.4. The van der Waals surface area contributed by atoms with Crippen LogP contribution in [0.2, 0.25) is 0 Å². The molecular formula is C25H26N2O3S. The summed E-state index contributed by atoms with van der Waals surface area (Å²) in [6.45, 7) is 2.90. The molecule has 0 heterocycles. The number of carbonyl (C=O) groups excluding carboxylic acids is 2.